The normalized spacial score (nSPS) is 26.3. The average molecular weight is 304 g/mol. The molecule has 0 bridgehead atoms. The highest BCUT2D eigenvalue weighted by Gasteiger charge is 2.41. The lowest BCUT2D eigenvalue weighted by molar-refractivity contribution is -0.123. The molecule has 1 rings (SSSR count). The van der Waals surface area contributed by atoms with Crippen molar-refractivity contribution in [1.29, 1.82) is 10.5 Å². The monoisotopic (exact) mass is 304 g/mol. The first-order valence-electron chi connectivity index (χ1n) is 7.50. The molecule has 0 saturated heterocycles. The van der Waals surface area contributed by atoms with Crippen molar-refractivity contribution in [3.05, 3.63) is 0 Å². The van der Waals surface area contributed by atoms with E-state index in [9.17, 15) is 9.59 Å². The molecule has 0 aromatic carbocycles. The van der Waals surface area contributed by atoms with Gasteiger partial charge in [-0.15, -0.1) is 0 Å². The Balaban J connectivity index is 2.69. The van der Waals surface area contributed by atoms with E-state index in [2.05, 4.69) is 31.4 Å². The van der Waals surface area contributed by atoms with Gasteiger partial charge in [0, 0.05) is 12.6 Å². The molecule has 0 aliphatic heterocycles. The van der Waals surface area contributed by atoms with Crippen LogP contribution in [0, 0.1) is 33.5 Å². The maximum atomic E-state index is 11.6. The second-order valence-electron chi connectivity index (χ2n) is 7.27. The minimum absolute atomic E-state index is 0.00229. The van der Waals surface area contributed by atoms with E-state index in [1.807, 2.05) is 12.1 Å². The summed E-state index contributed by atoms with van der Waals surface area (Å²) < 4.78 is 0. The number of carbonyl (C=O) groups is 2. The molecular weight excluding hydrogens is 280 g/mol. The number of nitrogens with zero attached hydrogens (tertiary/aromatic N) is 2. The van der Waals surface area contributed by atoms with Crippen LogP contribution in [-0.4, -0.2) is 24.4 Å². The Kier molecular flexibility index (Phi) is 5.93. The molecule has 0 spiro atoms. The molecule has 1 aliphatic carbocycles. The van der Waals surface area contributed by atoms with E-state index in [-0.39, 0.29) is 41.5 Å². The summed E-state index contributed by atoms with van der Waals surface area (Å²) in [6.07, 6.45) is 2.26. The van der Waals surface area contributed by atoms with Crippen molar-refractivity contribution >= 4 is 11.8 Å². The number of rotatable bonds is 5. The largest absolute Gasteiger partial charge is 0.355 e. The van der Waals surface area contributed by atoms with Gasteiger partial charge in [0.05, 0.1) is 12.1 Å². The van der Waals surface area contributed by atoms with Gasteiger partial charge in [-0.2, -0.15) is 10.5 Å². The molecule has 2 amide bonds. The zero-order valence-electron chi connectivity index (χ0n) is 13.5. The van der Waals surface area contributed by atoms with Gasteiger partial charge in [-0.05, 0) is 30.1 Å². The third kappa shape index (κ3) is 5.73. The van der Waals surface area contributed by atoms with Crippen LogP contribution in [0.5, 0.6) is 0 Å². The molecule has 6 heteroatoms. The van der Waals surface area contributed by atoms with Crippen LogP contribution in [-0.2, 0) is 9.59 Å². The van der Waals surface area contributed by atoms with Crippen LogP contribution < -0.4 is 10.6 Å². The molecule has 1 fully saturated rings. The van der Waals surface area contributed by atoms with Crippen molar-refractivity contribution in [2.24, 2.45) is 10.8 Å². The van der Waals surface area contributed by atoms with Crippen molar-refractivity contribution in [3.8, 4) is 12.1 Å². The Morgan fingerprint density at radius 1 is 1.09 bits per heavy atom. The summed E-state index contributed by atoms with van der Waals surface area (Å²) in [7, 11) is 0. The number of hydrogen-bond acceptors (Lipinski definition) is 4. The van der Waals surface area contributed by atoms with Crippen molar-refractivity contribution < 1.29 is 9.59 Å². The first kappa shape index (κ1) is 18.0. The standard InChI is InChI=1S/C16H24N4O2/c1-15(2)8-12(20-14(22)5-7-18)9-16(3,10-15)11-19-13(21)4-6-17/h12H,4-5,8-11H2,1-3H3,(H,19,21)(H,20,22). The molecule has 0 heterocycles. The maximum absolute atomic E-state index is 11.6. The van der Waals surface area contributed by atoms with Crippen LogP contribution in [0.4, 0.5) is 0 Å². The number of carbonyl (C=O) groups excluding carboxylic acids is 2. The summed E-state index contributed by atoms with van der Waals surface area (Å²) in [5.74, 6) is -0.516. The SMILES string of the molecule is CC1(C)CC(NC(=O)CC#N)CC(C)(CNC(=O)CC#N)C1. The van der Waals surface area contributed by atoms with Gasteiger partial charge in [0.1, 0.15) is 12.8 Å². The van der Waals surface area contributed by atoms with Crippen LogP contribution in [0.3, 0.4) is 0 Å². The second kappa shape index (κ2) is 7.26. The summed E-state index contributed by atoms with van der Waals surface area (Å²) >= 11 is 0. The third-order valence-corrected chi connectivity index (χ3v) is 4.00. The summed E-state index contributed by atoms with van der Waals surface area (Å²) in [5, 5.41) is 22.8. The van der Waals surface area contributed by atoms with Crippen LogP contribution in [0.1, 0.15) is 52.9 Å². The number of nitriles is 2. The molecule has 6 nitrogen and oxygen atoms in total. The van der Waals surface area contributed by atoms with Crippen molar-refractivity contribution in [2.75, 3.05) is 6.54 Å². The fraction of sp³-hybridized carbons (Fsp3) is 0.750. The number of amides is 2. The van der Waals surface area contributed by atoms with E-state index < -0.39 is 0 Å². The fourth-order valence-electron chi connectivity index (χ4n) is 3.67. The van der Waals surface area contributed by atoms with E-state index >= 15 is 0 Å². The van der Waals surface area contributed by atoms with Gasteiger partial charge in [-0.3, -0.25) is 9.59 Å². The van der Waals surface area contributed by atoms with Crippen molar-refractivity contribution in [2.45, 2.75) is 58.9 Å². The lowest BCUT2D eigenvalue weighted by atomic mass is 9.62. The van der Waals surface area contributed by atoms with E-state index in [1.54, 1.807) is 0 Å². The van der Waals surface area contributed by atoms with E-state index in [0.717, 1.165) is 19.3 Å². The number of nitrogens with one attached hydrogen (secondary N) is 2. The minimum atomic E-state index is -0.267. The van der Waals surface area contributed by atoms with Gasteiger partial charge >= 0.3 is 0 Å². The fourth-order valence-corrected chi connectivity index (χ4v) is 3.67. The lowest BCUT2D eigenvalue weighted by Crippen LogP contribution is -2.50. The van der Waals surface area contributed by atoms with Gasteiger partial charge in [0.2, 0.25) is 11.8 Å². The summed E-state index contributed by atoms with van der Waals surface area (Å²) in [5.41, 5.74) is -0.102. The van der Waals surface area contributed by atoms with Gasteiger partial charge in [-0.25, -0.2) is 0 Å². The molecule has 22 heavy (non-hydrogen) atoms. The molecule has 0 aromatic heterocycles. The highest BCUT2D eigenvalue weighted by atomic mass is 16.2. The molecule has 1 aliphatic rings. The molecular formula is C16H24N4O2. The Bertz CT molecular complexity index is 515. The van der Waals surface area contributed by atoms with Crippen LogP contribution in [0.2, 0.25) is 0 Å². The van der Waals surface area contributed by atoms with Crippen molar-refractivity contribution in [1.82, 2.24) is 10.6 Å². The van der Waals surface area contributed by atoms with Crippen LogP contribution >= 0.6 is 0 Å². The van der Waals surface area contributed by atoms with E-state index in [0.29, 0.717) is 6.54 Å². The Morgan fingerprint density at radius 2 is 1.68 bits per heavy atom. The van der Waals surface area contributed by atoms with Crippen LogP contribution in [0.25, 0.3) is 0 Å². The van der Waals surface area contributed by atoms with Crippen molar-refractivity contribution in [3.63, 3.8) is 0 Å². The molecule has 2 N–H and O–H groups in total. The Morgan fingerprint density at radius 3 is 2.27 bits per heavy atom. The molecule has 0 radical (unpaired) electrons. The van der Waals surface area contributed by atoms with Gasteiger partial charge in [0.25, 0.3) is 0 Å². The average Bonchev–Trinajstić information content (AvgIpc) is 2.34. The topological polar surface area (TPSA) is 106 Å². The second-order valence-corrected chi connectivity index (χ2v) is 7.27. The number of hydrogen-bond donors (Lipinski definition) is 2. The summed E-state index contributed by atoms with van der Waals surface area (Å²) in [4.78, 5) is 23.1. The van der Waals surface area contributed by atoms with E-state index in [4.69, 9.17) is 10.5 Å². The zero-order valence-corrected chi connectivity index (χ0v) is 13.5. The third-order valence-electron chi connectivity index (χ3n) is 4.00. The Labute approximate surface area is 131 Å². The predicted octanol–water partition coefficient (Wildman–Crippen LogP) is 1.63. The summed E-state index contributed by atoms with van der Waals surface area (Å²) in [6.45, 7) is 6.86. The smallest absolute Gasteiger partial charge is 0.234 e. The summed E-state index contributed by atoms with van der Waals surface area (Å²) in [6, 6.07) is 3.69. The van der Waals surface area contributed by atoms with Crippen LogP contribution in [0.15, 0.2) is 0 Å². The zero-order chi connectivity index (χ0) is 16.8. The molecule has 120 valence electrons. The van der Waals surface area contributed by atoms with Gasteiger partial charge < -0.3 is 10.6 Å². The quantitative estimate of drug-likeness (QED) is 0.805. The molecule has 2 atom stereocenters. The molecule has 0 aromatic rings. The first-order chi connectivity index (χ1) is 10.2. The lowest BCUT2D eigenvalue weighted by Gasteiger charge is -2.46. The van der Waals surface area contributed by atoms with E-state index in [1.165, 1.54) is 0 Å². The first-order valence-corrected chi connectivity index (χ1v) is 7.50. The van der Waals surface area contributed by atoms with Gasteiger partial charge in [0.15, 0.2) is 0 Å². The van der Waals surface area contributed by atoms with Gasteiger partial charge in [-0.1, -0.05) is 20.8 Å². The molecule has 1 saturated carbocycles. The highest BCUT2D eigenvalue weighted by Crippen LogP contribution is 2.45. The highest BCUT2D eigenvalue weighted by molar-refractivity contribution is 5.78. The predicted molar refractivity (Wildman–Crippen MR) is 81.1 cm³/mol. The minimum Gasteiger partial charge on any atom is -0.355 e. The molecule has 2 unspecified atom stereocenters. The maximum Gasteiger partial charge on any atom is 0.234 e. The Hall–Kier alpha value is -2.08.